The summed E-state index contributed by atoms with van der Waals surface area (Å²) in [7, 11) is 0. The number of anilines is 1. The fourth-order valence-electron chi connectivity index (χ4n) is 5.53. The number of hydrogen-bond donors (Lipinski definition) is 0. The van der Waals surface area contributed by atoms with Gasteiger partial charge in [0.25, 0.3) is 0 Å². The quantitative estimate of drug-likeness (QED) is 0.811. The third-order valence-electron chi connectivity index (χ3n) is 6.59. The highest BCUT2D eigenvalue weighted by Gasteiger charge is 2.44. The Morgan fingerprint density at radius 3 is 2.54 bits per heavy atom. The van der Waals surface area contributed by atoms with Crippen molar-refractivity contribution < 1.29 is 4.74 Å². The van der Waals surface area contributed by atoms with Crippen LogP contribution < -0.4 is 4.90 Å². The molecule has 0 N–H and O–H groups in total. The Morgan fingerprint density at radius 2 is 1.77 bits per heavy atom. The van der Waals surface area contributed by atoms with Gasteiger partial charge in [0.05, 0.1) is 19.3 Å². The minimum Gasteiger partial charge on any atom is -0.379 e. The normalized spacial score (nSPS) is 28.2. The molecular formula is C23H28N2O. The molecule has 3 aliphatic rings. The van der Waals surface area contributed by atoms with E-state index in [9.17, 15) is 0 Å². The molecule has 26 heavy (non-hydrogen) atoms. The molecule has 0 radical (unpaired) electrons. The van der Waals surface area contributed by atoms with Crippen LogP contribution in [-0.2, 0) is 4.74 Å². The van der Waals surface area contributed by atoms with E-state index >= 15 is 0 Å². The highest BCUT2D eigenvalue weighted by atomic mass is 16.5. The first kappa shape index (κ1) is 16.3. The van der Waals surface area contributed by atoms with E-state index in [4.69, 9.17) is 4.74 Å². The fourth-order valence-corrected chi connectivity index (χ4v) is 5.53. The van der Waals surface area contributed by atoms with Crippen molar-refractivity contribution in [2.75, 3.05) is 37.7 Å². The topological polar surface area (TPSA) is 15.7 Å². The second-order valence-electron chi connectivity index (χ2n) is 7.77. The van der Waals surface area contributed by atoms with Crippen molar-refractivity contribution in [3.63, 3.8) is 0 Å². The van der Waals surface area contributed by atoms with Crippen LogP contribution in [0.25, 0.3) is 0 Å². The molecule has 0 saturated carbocycles. The summed E-state index contributed by atoms with van der Waals surface area (Å²) in [4.78, 5) is 5.29. The first-order valence-electron chi connectivity index (χ1n) is 10.1. The molecule has 0 amide bonds. The Bertz CT molecular complexity index is 769. The molecule has 3 nitrogen and oxygen atoms in total. The zero-order chi connectivity index (χ0) is 17.5. The molecule has 2 aliphatic heterocycles. The van der Waals surface area contributed by atoms with Crippen LogP contribution in [0.15, 0.2) is 48.5 Å². The number of nitrogens with zero attached hydrogens (tertiary/aromatic N) is 2. The maximum Gasteiger partial charge on any atom is 0.0611 e. The molecule has 0 bridgehead atoms. The zero-order valence-corrected chi connectivity index (χ0v) is 15.6. The van der Waals surface area contributed by atoms with Crippen LogP contribution in [0.4, 0.5) is 5.69 Å². The van der Waals surface area contributed by atoms with Crippen LogP contribution in [0.5, 0.6) is 0 Å². The van der Waals surface area contributed by atoms with Crippen molar-refractivity contribution >= 4 is 5.69 Å². The molecule has 3 atom stereocenters. The first-order chi connectivity index (χ1) is 12.9. The van der Waals surface area contributed by atoms with Gasteiger partial charge in [0, 0.05) is 37.3 Å². The second-order valence-corrected chi connectivity index (χ2v) is 7.77. The summed E-state index contributed by atoms with van der Waals surface area (Å²) in [5, 5.41) is 0. The molecule has 3 unspecified atom stereocenters. The molecule has 1 aliphatic carbocycles. The molecule has 136 valence electrons. The van der Waals surface area contributed by atoms with Gasteiger partial charge in [-0.05, 0) is 42.5 Å². The van der Waals surface area contributed by atoms with E-state index in [2.05, 4.69) is 65.3 Å². The molecule has 2 aromatic rings. The summed E-state index contributed by atoms with van der Waals surface area (Å²) < 4.78 is 5.60. The highest BCUT2D eigenvalue weighted by Crippen LogP contribution is 2.56. The molecular weight excluding hydrogens is 320 g/mol. The maximum absolute atomic E-state index is 5.60. The van der Waals surface area contributed by atoms with Gasteiger partial charge in [-0.3, -0.25) is 4.90 Å². The smallest absolute Gasteiger partial charge is 0.0611 e. The molecule has 5 rings (SSSR count). The molecule has 2 heterocycles. The van der Waals surface area contributed by atoms with Crippen molar-refractivity contribution in [1.29, 1.82) is 0 Å². The van der Waals surface area contributed by atoms with Crippen molar-refractivity contribution in [2.24, 2.45) is 0 Å². The van der Waals surface area contributed by atoms with E-state index < -0.39 is 0 Å². The van der Waals surface area contributed by atoms with Crippen molar-refractivity contribution in [1.82, 2.24) is 4.90 Å². The first-order valence-corrected chi connectivity index (χ1v) is 10.1. The van der Waals surface area contributed by atoms with E-state index in [-0.39, 0.29) is 0 Å². The van der Waals surface area contributed by atoms with E-state index in [0.717, 1.165) is 32.8 Å². The second kappa shape index (κ2) is 6.71. The van der Waals surface area contributed by atoms with Crippen molar-refractivity contribution in [3.8, 4) is 0 Å². The molecule has 1 saturated heterocycles. The van der Waals surface area contributed by atoms with Gasteiger partial charge < -0.3 is 9.64 Å². The van der Waals surface area contributed by atoms with Crippen LogP contribution in [0.1, 0.15) is 54.5 Å². The van der Waals surface area contributed by atoms with Crippen molar-refractivity contribution in [2.45, 2.75) is 37.8 Å². The number of rotatable bonds is 3. The fraction of sp³-hybridized carbons (Fsp3) is 0.478. The third-order valence-corrected chi connectivity index (χ3v) is 6.59. The number of ether oxygens (including phenoxy) is 1. The summed E-state index contributed by atoms with van der Waals surface area (Å²) in [6.45, 7) is 7.25. The van der Waals surface area contributed by atoms with Crippen LogP contribution in [0.3, 0.4) is 0 Å². The van der Waals surface area contributed by atoms with Crippen LogP contribution >= 0.6 is 0 Å². The predicted molar refractivity (Wildman–Crippen MR) is 106 cm³/mol. The molecule has 0 spiro atoms. The van der Waals surface area contributed by atoms with Gasteiger partial charge in [0.2, 0.25) is 0 Å². The SMILES string of the molecule is CCN1c2cccc3c2C(CCC3N2CCOCC2)C1c1ccccc1. The molecule has 3 heteroatoms. The predicted octanol–water partition coefficient (Wildman–Crippen LogP) is 4.52. The van der Waals surface area contributed by atoms with E-state index in [1.165, 1.54) is 24.1 Å². The minimum absolute atomic E-state index is 0.489. The van der Waals surface area contributed by atoms with Gasteiger partial charge in [-0.2, -0.15) is 0 Å². The zero-order valence-electron chi connectivity index (χ0n) is 15.6. The number of benzene rings is 2. The standard InChI is InChI=1S/C23H28N2O/c1-2-25-21-10-6-9-18-20(24-13-15-26-16-14-24)12-11-19(22(18)21)23(25)17-7-4-3-5-8-17/h3-10,19-20,23H,2,11-16H2,1H3. The lowest BCUT2D eigenvalue weighted by atomic mass is 9.76. The number of likely N-dealkylation sites (N-methyl/N-ethyl adjacent to an activating group) is 1. The number of hydrogen-bond acceptors (Lipinski definition) is 3. The Hall–Kier alpha value is -1.84. The summed E-state index contributed by atoms with van der Waals surface area (Å²) >= 11 is 0. The van der Waals surface area contributed by atoms with Crippen LogP contribution in [-0.4, -0.2) is 37.7 Å². The third kappa shape index (κ3) is 2.49. The minimum atomic E-state index is 0.489. The Kier molecular flexibility index (Phi) is 4.22. The van der Waals surface area contributed by atoms with Crippen molar-refractivity contribution in [3.05, 3.63) is 65.2 Å². The maximum atomic E-state index is 5.60. The lowest BCUT2D eigenvalue weighted by Gasteiger charge is -2.40. The Labute approximate surface area is 156 Å². The van der Waals surface area contributed by atoms with Gasteiger partial charge in [0.15, 0.2) is 0 Å². The summed E-state index contributed by atoms with van der Waals surface area (Å²) in [6.07, 6.45) is 2.55. The van der Waals surface area contributed by atoms with E-state index in [1.54, 1.807) is 11.1 Å². The van der Waals surface area contributed by atoms with Crippen LogP contribution in [0.2, 0.25) is 0 Å². The lowest BCUT2D eigenvalue weighted by molar-refractivity contribution is 0.0115. The molecule has 1 fully saturated rings. The Balaban J connectivity index is 1.58. The van der Waals surface area contributed by atoms with Crippen LogP contribution in [0, 0.1) is 0 Å². The van der Waals surface area contributed by atoms with Gasteiger partial charge in [-0.25, -0.2) is 0 Å². The number of morpholine rings is 1. The van der Waals surface area contributed by atoms with Gasteiger partial charge in [-0.15, -0.1) is 0 Å². The monoisotopic (exact) mass is 348 g/mol. The summed E-state index contributed by atoms with van der Waals surface area (Å²) in [5.41, 5.74) is 6.15. The van der Waals surface area contributed by atoms with Gasteiger partial charge in [-0.1, -0.05) is 42.5 Å². The van der Waals surface area contributed by atoms with Gasteiger partial charge in [0.1, 0.15) is 0 Å². The average Bonchev–Trinajstić information content (AvgIpc) is 3.05. The average molecular weight is 348 g/mol. The van der Waals surface area contributed by atoms with E-state index in [0.29, 0.717) is 18.0 Å². The highest BCUT2D eigenvalue weighted by molar-refractivity contribution is 5.67. The largest absolute Gasteiger partial charge is 0.379 e. The summed E-state index contributed by atoms with van der Waals surface area (Å²) in [6, 6.07) is 19.2. The molecule has 0 aromatic heterocycles. The Morgan fingerprint density at radius 1 is 0.962 bits per heavy atom. The van der Waals surface area contributed by atoms with Gasteiger partial charge >= 0.3 is 0 Å². The lowest BCUT2D eigenvalue weighted by Crippen LogP contribution is -2.40. The summed E-state index contributed by atoms with van der Waals surface area (Å²) in [5.74, 6) is 0.626. The van der Waals surface area contributed by atoms with E-state index in [1.807, 2.05) is 0 Å². The molecule has 2 aromatic carbocycles.